The Morgan fingerprint density at radius 1 is 0.952 bits per heavy atom. The van der Waals surface area contributed by atoms with Crippen molar-refractivity contribution in [3.8, 4) is 0 Å². The Hall–Kier alpha value is -1.06. The molecule has 3 aliphatic rings. The molecule has 1 aliphatic carbocycles. The Morgan fingerprint density at radius 3 is 2.43 bits per heavy atom. The predicted molar refractivity (Wildman–Crippen MR) is 81.6 cm³/mol. The number of hydrogen-bond acceptors (Lipinski definition) is 2. The molecule has 0 aromatic heterocycles. The van der Waals surface area contributed by atoms with Crippen LogP contribution in [0.5, 0.6) is 0 Å². The van der Waals surface area contributed by atoms with Crippen molar-refractivity contribution in [1.29, 1.82) is 0 Å². The summed E-state index contributed by atoms with van der Waals surface area (Å²) in [6.45, 7) is 5.78. The van der Waals surface area contributed by atoms with Gasteiger partial charge in [-0.1, -0.05) is 26.2 Å². The molecule has 0 aromatic carbocycles. The van der Waals surface area contributed by atoms with Crippen molar-refractivity contribution in [2.75, 3.05) is 13.1 Å². The molecule has 0 radical (unpaired) electrons. The van der Waals surface area contributed by atoms with Crippen molar-refractivity contribution >= 4 is 11.8 Å². The van der Waals surface area contributed by atoms with Crippen LogP contribution in [0.15, 0.2) is 0 Å². The van der Waals surface area contributed by atoms with Crippen LogP contribution in [0.1, 0.15) is 58.8 Å². The lowest BCUT2D eigenvalue weighted by Crippen LogP contribution is -2.65. The summed E-state index contributed by atoms with van der Waals surface area (Å²) in [7, 11) is 0. The maximum Gasteiger partial charge on any atom is 0.246 e. The smallest absolute Gasteiger partial charge is 0.246 e. The molecule has 0 bridgehead atoms. The van der Waals surface area contributed by atoms with E-state index in [9.17, 15) is 9.59 Å². The van der Waals surface area contributed by atoms with E-state index in [4.69, 9.17) is 0 Å². The number of piperidine rings is 1. The summed E-state index contributed by atoms with van der Waals surface area (Å²) in [6.07, 6.45) is 8.04. The van der Waals surface area contributed by atoms with Crippen molar-refractivity contribution in [2.24, 2.45) is 11.8 Å². The summed E-state index contributed by atoms with van der Waals surface area (Å²) >= 11 is 0. The topological polar surface area (TPSA) is 40.6 Å². The first-order chi connectivity index (χ1) is 10.1. The van der Waals surface area contributed by atoms with Gasteiger partial charge >= 0.3 is 0 Å². The van der Waals surface area contributed by atoms with Crippen LogP contribution >= 0.6 is 0 Å². The fraction of sp³-hybridized carbons (Fsp3) is 0.882. The zero-order valence-electron chi connectivity index (χ0n) is 13.4. The summed E-state index contributed by atoms with van der Waals surface area (Å²) in [5, 5.41) is 0. The number of carbonyl (C=O) groups is 2. The molecular formula is C17H28N2O2. The van der Waals surface area contributed by atoms with Gasteiger partial charge in [0.25, 0.3) is 0 Å². The molecule has 2 aliphatic heterocycles. The second-order valence-corrected chi connectivity index (χ2v) is 7.23. The van der Waals surface area contributed by atoms with Crippen LogP contribution in [-0.2, 0) is 9.59 Å². The Kier molecular flexibility index (Phi) is 4.23. The van der Waals surface area contributed by atoms with E-state index in [0.717, 1.165) is 32.4 Å². The molecule has 3 fully saturated rings. The number of carbonyl (C=O) groups excluding carboxylic acids is 2. The second kappa shape index (κ2) is 5.98. The third kappa shape index (κ3) is 2.69. The lowest BCUT2D eigenvalue weighted by molar-refractivity contribution is -0.164. The van der Waals surface area contributed by atoms with E-state index in [1.807, 2.05) is 16.7 Å². The summed E-state index contributed by atoms with van der Waals surface area (Å²) in [5.41, 5.74) is 0. The minimum absolute atomic E-state index is 0.165. The molecule has 4 unspecified atom stereocenters. The highest BCUT2D eigenvalue weighted by Gasteiger charge is 2.45. The number of fused-ring (bicyclic) bond motifs is 1. The Balaban J connectivity index is 1.74. The van der Waals surface area contributed by atoms with Gasteiger partial charge in [0.2, 0.25) is 11.8 Å². The van der Waals surface area contributed by atoms with Crippen molar-refractivity contribution in [3.63, 3.8) is 0 Å². The van der Waals surface area contributed by atoms with Gasteiger partial charge in [-0.25, -0.2) is 0 Å². The van der Waals surface area contributed by atoms with Gasteiger partial charge < -0.3 is 9.80 Å². The Morgan fingerprint density at radius 2 is 1.67 bits per heavy atom. The zero-order chi connectivity index (χ0) is 15.0. The third-order valence-corrected chi connectivity index (χ3v) is 5.90. The molecule has 3 rings (SSSR count). The fourth-order valence-electron chi connectivity index (χ4n) is 4.37. The van der Waals surface area contributed by atoms with Gasteiger partial charge in [0.1, 0.15) is 12.1 Å². The maximum absolute atomic E-state index is 12.8. The first kappa shape index (κ1) is 14.9. The molecule has 1 saturated carbocycles. The van der Waals surface area contributed by atoms with E-state index in [2.05, 4.69) is 6.92 Å². The highest BCUT2D eigenvalue weighted by molar-refractivity contribution is 5.96. The normalized spacial score (nSPS) is 37.6. The van der Waals surface area contributed by atoms with Crippen molar-refractivity contribution in [2.45, 2.75) is 70.9 Å². The van der Waals surface area contributed by atoms with Crippen LogP contribution in [0, 0.1) is 11.8 Å². The lowest BCUT2D eigenvalue weighted by Gasteiger charge is -2.47. The monoisotopic (exact) mass is 292 g/mol. The zero-order valence-corrected chi connectivity index (χ0v) is 13.4. The SMILES string of the molecule is CC1CCCCC1CN1C(=O)C2CCCCN2C(=O)C1C. The molecule has 4 nitrogen and oxygen atoms in total. The molecule has 2 amide bonds. The number of hydrogen-bond donors (Lipinski definition) is 0. The fourth-order valence-corrected chi connectivity index (χ4v) is 4.37. The standard InChI is InChI=1S/C17H28N2O2/c1-12-7-3-4-8-14(12)11-19-13(2)16(20)18-10-6-5-9-15(18)17(19)21/h12-15H,3-11H2,1-2H3. The van der Waals surface area contributed by atoms with E-state index in [-0.39, 0.29) is 23.9 Å². The largest absolute Gasteiger partial charge is 0.329 e. The van der Waals surface area contributed by atoms with Crippen LogP contribution in [-0.4, -0.2) is 46.8 Å². The molecule has 118 valence electrons. The quantitative estimate of drug-likeness (QED) is 0.784. The lowest BCUT2D eigenvalue weighted by atomic mass is 9.79. The van der Waals surface area contributed by atoms with Gasteiger partial charge in [-0.15, -0.1) is 0 Å². The van der Waals surface area contributed by atoms with Crippen molar-refractivity contribution in [3.05, 3.63) is 0 Å². The summed E-state index contributed by atoms with van der Waals surface area (Å²) in [4.78, 5) is 29.1. The van der Waals surface area contributed by atoms with Crippen molar-refractivity contribution < 1.29 is 9.59 Å². The summed E-state index contributed by atoms with van der Waals surface area (Å²) in [5.74, 6) is 1.63. The number of piperazine rings is 1. The number of rotatable bonds is 2. The number of amides is 2. The molecule has 0 N–H and O–H groups in total. The van der Waals surface area contributed by atoms with Gasteiger partial charge in [0.15, 0.2) is 0 Å². The summed E-state index contributed by atoms with van der Waals surface area (Å²) < 4.78 is 0. The van der Waals surface area contributed by atoms with Crippen LogP contribution in [0.2, 0.25) is 0 Å². The van der Waals surface area contributed by atoms with Crippen LogP contribution in [0.25, 0.3) is 0 Å². The first-order valence-electron chi connectivity index (χ1n) is 8.70. The van der Waals surface area contributed by atoms with Gasteiger partial charge in [0.05, 0.1) is 0 Å². The molecule has 0 spiro atoms. The molecule has 2 heterocycles. The minimum atomic E-state index is -0.263. The van der Waals surface area contributed by atoms with Crippen LogP contribution < -0.4 is 0 Å². The van der Waals surface area contributed by atoms with Gasteiger partial charge in [-0.05, 0) is 44.4 Å². The van der Waals surface area contributed by atoms with E-state index >= 15 is 0 Å². The highest BCUT2D eigenvalue weighted by Crippen LogP contribution is 2.33. The molecule has 4 heteroatoms. The third-order valence-electron chi connectivity index (χ3n) is 5.90. The maximum atomic E-state index is 12.8. The van der Waals surface area contributed by atoms with E-state index < -0.39 is 0 Å². The average molecular weight is 292 g/mol. The molecule has 0 aromatic rings. The summed E-state index contributed by atoms with van der Waals surface area (Å²) in [6, 6.07) is -0.428. The Bertz CT molecular complexity index is 423. The predicted octanol–water partition coefficient (Wildman–Crippen LogP) is 2.42. The molecule has 21 heavy (non-hydrogen) atoms. The highest BCUT2D eigenvalue weighted by atomic mass is 16.2. The number of nitrogens with zero attached hydrogens (tertiary/aromatic N) is 2. The molecular weight excluding hydrogens is 264 g/mol. The second-order valence-electron chi connectivity index (χ2n) is 7.23. The van der Waals surface area contributed by atoms with Crippen molar-refractivity contribution in [1.82, 2.24) is 9.80 Å². The van der Waals surface area contributed by atoms with E-state index in [0.29, 0.717) is 11.8 Å². The average Bonchev–Trinajstić information content (AvgIpc) is 2.51. The van der Waals surface area contributed by atoms with E-state index in [1.165, 1.54) is 25.7 Å². The first-order valence-corrected chi connectivity index (χ1v) is 8.70. The molecule has 2 saturated heterocycles. The van der Waals surface area contributed by atoms with Gasteiger partial charge in [-0.2, -0.15) is 0 Å². The van der Waals surface area contributed by atoms with Crippen LogP contribution in [0.3, 0.4) is 0 Å². The van der Waals surface area contributed by atoms with Gasteiger partial charge in [0, 0.05) is 13.1 Å². The van der Waals surface area contributed by atoms with Crippen LogP contribution in [0.4, 0.5) is 0 Å². The van der Waals surface area contributed by atoms with Gasteiger partial charge in [-0.3, -0.25) is 9.59 Å². The van der Waals surface area contributed by atoms with E-state index in [1.54, 1.807) is 0 Å². The molecule has 4 atom stereocenters. The Labute approximate surface area is 127 Å². The minimum Gasteiger partial charge on any atom is -0.329 e.